The molecule has 126 valence electrons. The maximum absolute atomic E-state index is 13.5. The summed E-state index contributed by atoms with van der Waals surface area (Å²) in [6.45, 7) is 0. The average molecular weight is 382 g/mol. The van der Waals surface area contributed by atoms with Gasteiger partial charge in [-0.3, -0.25) is 0 Å². The number of nitriles is 1. The molecule has 0 spiro atoms. The quantitative estimate of drug-likeness (QED) is 0.579. The van der Waals surface area contributed by atoms with Gasteiger partial charge in [0.15, 0.2) is 5.69 Å². The first-order valence-corrected chi connectivity index (χ1v) is 7.75. The molecule has 2 aromatic carbocycles. The summed E-state index contributed by atoms with van der Waals surface area (Å²) >= 11 is 11.8. The van der Waals surface area contributed by atoms with Crippen molar-refractivity contribution in [3.63, 3.8) is 0 Å². The first kappa shape index (κ1) is 17.5. The number of hydrogen-bond acceptors (Lipinski definition) is 3. The third kappa shape index (κ3) is 3.39. The van der Waals surface area contributed by atoms with Gasteiger partial charge in [-0.2, -0.15) is 18.4 Å². The average Bonchev–Trinajstić information content (AvgIpc) is 2.56. The fourth-order valence-electron chi connectivity index (χ4n) is 2.41. The Balaban J connectivity index is 2.32. The van der Waals surface area contributed by atoms with E-state index >= 15 is 0 Å². The lowest BCUT2D eigenvalue weighted by atomic mass is 9.95. The van der Waals surface area contributed by atoms with E-state index in [1.807, 2.05) is 6.07 Å². The molecule has 0 aliphatic heterocycles. The molecule has 3 rings (SSSR count). The van der Waals surface area contributed by atoms with Crippen molar-refractivity contribution in [1.82, 2.24) is 9.97 Å². The van der Waals surface area contributed by atoms with Crippen molar-refractivity contribution in [2.75, 3.05) is 0 Å². The Bertz CT molecular complexity index is 982. The summed E-state index contributed by atoms with van der Waals surface area (Å²) < 4.78 is 40.5. The van der Waals surface area contributed by atoms with Crippen molar-refractivity contribution in [3.05, 3.63) is 69.5 Å². The van der Waals surface area contributed by atoms with E-state index in [2.05, 4.69) is 9.97 Å². The second-order valence-corrected chi connectivity index (χ2v) is 6.00. The molecule has 0 fully saturated rings. The Morgan fingerprint density at radius 1 is 0.960 bits per heavy atom. The molecule has 8 heteroatoms. The van der Waals surface area contributed by atoms with Gasteiger partial charge in [-0.15, -0.1) is 0 Å². The molecule has 3 nitrogen and oxygen atoms in total. The highest BCUT2D eigenvalue weighted by Gasteiger charge is 2.39. The molecule has 0 saturated carbocycles. The largest absolute Gasteiger partial charge is 0.435 e. The monoisotopic (exact) mass is 381 g/mol. The highest BCUT2D eigenvalue weighted by atomic mass is 35.5. The lowest BCUT2D eigenvalue weighted by molar-refractivity contribution is -0.141. The first-order chi connectivity index (χ1) is 11.8. The molecule has 0 saturated heterocycles. The van der Waals surface area contributed by atoms with Crippen LogP contribution in [0.4, 0.5) is 13.2 Å². The molecule has 0 amide bonds. The van der Waals surface area contributed by atoms with E-state index in [0.29, 0.717) is 5.56 Å². The van der Waals surface area contributed by atoms with E-state index in [4.69, 9.17) is 23.2 Å². The number of halogens is 5. The third-order valence-corrected chi connectivity index (χ3v) is 4.26. The summed E-state index contributed by atoms with van der Waals surface area (Å²) in [5, 5.41) is 9.68. The molecule has 1 aromatic heterocycles. The van der Waals surface area contributed by atoms with E-state index in [-0.39, 0.29) is 21.1 Å². The van der Waals surface area contributed by atoms with Crippen LogP contribution < -0.4 is 0 Å². The Hall–Kier alpha value is -2.36. The summed E-state index contributed by atoms with van der Waals surface area (Å²) in [4.78, 5) is 7.70. The minimum Gasteiger partial charge on any atom is -0.247 e. The molecule has 0 bridgehead atoms. The van der Waals surface area contributed by atoms with Gasteiger partial charge in [0.2, 0.25) is 0 Å². The predicted molar refractivity (Wildman–Crippen MR) is 88.5 cm³/mol. The van der Waals surface area contributed by atoms with E-state index in [0.717, 1.165) is 0 Å². The number of hydrogen-bond donors (Lipinski definition) is 0. The van der Waals surface area contributed by atoms with Crippen LogP contribution in [0.25, 0.3) is 11.0 Å². The normalized spacial score (nSPS) is 12.8. The van der Waals surface area contributed by atoms with Crippen LogP contribution in [-0.2, 0) is 6.18 Å². The topological polar surface area (TPSA) is 49.6 Å². The van der Waals surface area contributed by atoms with Crippen LogP contribution in [0.2, 0.25) is 10.0 Å². The van der Waals surface area contributed by atoms with Crippen molar-refractivity contribution in [3.8, 4) is 6.07 Å². The van der Waals surface area contributed by atoms with Gasteiger partial charge in [0.1, 0.15) is 5.92 Å². The number of fused-ring (bicyclic) bond motifs is 1. The fourth-order valence-corrected chi connectivity index (χ4v) is 2.73. The first-order valence-electron chi connectivity index (χ1n) is 6.99. The van der Waals surface area contributed by atoms with Crippen LogP contribution in [0.3, 0.4) is 0 Å². The lowest BCUT2D eigenvalue weighted by Gasteiger charge is -2.16. The number of alkyl halides is 3. The molecule has 0 radical (unpaired) electrons. The van der Waals surface area contributed by atoms with Gasteiger partial charge in [-0.1, -0.05) is 53.5 Å². The Morgan fingerprint density at radius 2 is 1.52 bits per heavy atom. The second kappa shape index (κ2) is 6.51. The highest BCUT2D eigenvalue weighted by molar-refractivity contribution is 6.42. The summed E-state index contributed by atoms with van der Waals surface area (Å²) in [7, 11) is 0. The summed E-state index contributed by atoms with van der Waals surface area (Å²) in [6, 6.07) is 12.5. The van der Waals surface area contributed by atoms with Crippen LogP contribution in [0.1, 0.15) is 22.9 Å². The van der Waals surface area contributed by atoms with Gasteiger partial charge >= 0.3 is 6.18 Å². The maximum Gasteiger partial charge on any atom is 0.435 e. The lowest BCUT2D eigenvalue weighted by Crippen LogP contribution is -2.17. The molecule has 1 heterocycles. The van der Waals surface area contributed by atoms with Crippen molar-refractivity contribution in [1.29, 1.82) is 5.26 Å². The molecular formula is C17H8Cl2F3N3. The van der Waals surface area contributed by atoms with Gasteiger partial charge < -0.3 is 0 Å². The zero-order chi connectivity index (χ0) is 18.2. The number of aromatic nitrogens is 2. The van der Waals surface area contributed by atoms with Crippen molar-refractivity contribution in [2.45, 2.75) is 12.1 Å². The fraction of sp³-hybridized carbons (Fsp3) is 0.118. The van der Waals surface area contributed by atoms with Gasteiger partial charge in [0, 0.05) is 0 Å². The second-order valence-electron chi connectivity index (χ2n) is 5.18. The van der Waals surface area contributed by atoms with E-state index < -0.39 is 23.5 Å². The molecule has 0 aliphatic rings. The molecule has 0 N–H and O–H groups in total. The van der Waals surface area contributed by atoms with E-state index in [1.165, 1.54) is 12.1 Å². The number of benzene rings is 2. The summed E-state index contributed by atoms with van der Waals surface area (Å²) in [6.07, 6.45) is -4.77. The third-order valence-electron chi connectivity index (χ3n) is 3.54. The van der Waals surface area contributed by atoms with Crippen LogP contribution in [0, 0.1) is 11.3 Å². The SMILES string of the molecule is N#C[C@@H](c1ccccc1)c1nc2cc(Cl)c(Cl)cc2nc1C(F)(F)F. The maximum atomic E-state index is 13.5. The molecule has 1 atom stereocenters. The van der Waals surface area contributed by atoms with Crippen LogP contribution in [0.5, 0.6) is 0 Å². The smallest absolute Gasteiger partial charge is 0.247 e. The standard InChI is InChI=1S/C17H8Cl2F3N3/c18-11-6-13-14(7-12(11)19)25-16(17(20,21)22)15(24-13)10(8-23)9-4-2-1-3-5-9/h1-7,10H/t10-/m0/s1. The molecule has 3 aromatic rings. The Kier molecular flexibility index (Phi) is 4.55. The van der Waals surface area contributed by atoms with Gasteiger partial charge in [-0.05, 0) is 17.7 Å². The van der Waals surface area contributed by atoms with Gasteiger partial charge in [0.25, 0.3) is 0 Å². The highest BCUT2D eigenvalue weighted by Crippen LogP contribution is 2.37. The zero-order valence-corrected chi connectivity index (χ0v) is 13.9. The molecular weight excluding hydrogens is 374 g/mol. The Labute approximate surface area is 150 Å². The summed E-state index contributed by atoms with van der Waals surface area (Å²) in [5.74, 6) is -1.22. The minimum absolute atomic E-state index is 0.0461. The molecule has 0 unspecified atom stereocenters. The molecule has 0 aliphatic carbocycles. The zero-order valence-electron chi connectivity index (χ0n) is 12.4. The van der Waals surface area contributed by atoms with Crippen LogP contribution in [-0.4, -0.2) is 9.97 Å². The predicted octanol–water partition coefficient (Wildman–Crippen LogP) is 5.61. The van der Waals surface area contributed by atoms with Crippen molar-refractivity contribution >= 4 is 34.2 Å². The van der Waals surface area contributed by atoms with E-state index in [1.54, 1.807) is 30.3 Å². The van der Waals surface area contributed by atoms with Gasteiger partial charge in [0.05, 0.1) is 32.8 Å². The summed E-state index contributed by atoms with van der Waals surface area (Å²) in [5.41, 5.74) is -1.20. The van der Waals surface area contributed by atoms with Crippen molar-refractivity contribution < 1.29 is 13.2 Å². The van der Waals surface area contributed by atoms with E-state index in [9.17, 15) is 18.4 Å². The number of rotatable bonds is 2. The number of nitrogens with zero attached hydrogens (tertiary/aromatic N) is 3. The van der Waals surface area contributed by atoms with Crippen LogP contribution in [0.15, 0.2) is 42.5 Å². The van der Waals surface area contributed by atoms with Crippen LogP contribution >= 0.6 is 23.2 Å². The van der Waals surface area contributed by atoms with Gasteiger partial charge in [-0.25, -0.2) is 9.97 Å². The Morgan fingerprint density at radius 3 is 2.04 bits per heavy atom. The minimum atomic E-state index is -4.77. The van der Waals surface area contributed by atoms with Crippen molar-refractivity contribution in [2.24, 2.45) is 0 Å². The molecule has 25 heavy (non-hydrogen) atoms.